The third-order valence-corrected chi connectivity index (χ3v) is 3.13. The molecule has 0 bridgehead atoms. The molecule has 0 aliphatic heterocycles. The molecule has 1 aromatic carbocycles. The number of nitrogens with zero attached hydrogens (tertiary/aromatic N) is 1. The van der Waals surface area contributed by atoms with Crippen molar-refractivity contribution in [3.63, 3.8) is 0 Å². The number of hydrogen-bond donors (Lipinski definition) is 1. The molecule has 1 atom stereocenters. The van der Waals surface area contributed by atoms with Crippen molar-refractivity contribution in [2.45, 2.75) is 12.3 Å². The van der Waals surface area contributed by atoms with Gasteiger partial charge < -0.3 is 10.1 Å². The van der Waals surface area contributed by atoms with Gasteiger partial charge in [0.15, 0.2) is 0 Å². The lowest BCUT2D eigenvalue weighted by atomic mass is 9.94. The second-order valence-electron chi connectivity index (χ2n) is 4.51. The molecule has 0 fully saturated rings. The number of aromatic nitrogens is 1. The van der Waals surface area contributed by atoms with Gasteiger partial charge in [-0.1, -0.05) is 36.4 Å². The van der Waals surface area contributed by atoms with Crippen LogP contribution in [-0.4, -0.2) is 24.7 Å². The Hall–Kier alpha value is -2.36. The number of amides is 1. The van der Waals surface area contributed by atoms with Gasteiger partial charge in [-0.15, -0.1) is 0 Å². The lowest BCUT2D eigenvalue weighted by Gasteiger charge is -2.17. The number of carbonyl (C=O) groups excluding carboxylic acids is 1. The second-order valence-corrected chi connectivity index (χ2v) is 4.51. The molecule has 1 amide bonds. The number of pyridine rings is 1. The molecular formula is C16H18N2O2. The van der Waals surface area contributed by atoms with Crippen molar-refractivity contribution < 1.29 is 9.53 Å². The Morgan fingerprint density at radius 2 is 1.95 bits per heavy atom. The fourth-order valence-electron chi connectivity index (χ4n) is 2.08. The molecular weight excluding hydrogens is 252 g/mol. The number of carbonyl (C=O) groups is 1. The minimum Gasteiger partial charge on any atom is -0.453 e. The van der Waals surface area contributed by atoms with Crippen molar-refractivity contribution in [1.29, 1.82) is 0 Å². The van der Waals surface area contributed by atoms with E-state index in [-0.39, 0.29) is 5.92 Å². The van der Waals surface area contributed by atoms with Crippen molar-refractivity contribution in [1.82, 2.24) is 10.3 Å². The van der Waals surface area contributed by atoms with Crippen molar-refractivity contribution in [3.8, 4) is 0 Å². The molecule has 1 unspecified atom stereocenters. The monoisotopic (exact) mass is 270 g/mol. The van der Waals surface area contributed by atoms with Crippen LogP contribution in [0.5, 0.6) is 0 Å². The molecule has 1 heterocycles. The first-order valence-electron chi connectivity index (χ1n) is 6.56. The van der Waals surface area contributed by atoms with Gasteiger partial charge in [-0.3, -0.25) is 4.98 Å². The molecule has 2 rings (SSSR count). The molecule has 2 aromatic rings. The van der Waals surface area contributed by atoms with E-state index in [1.807, 2.05) is 36.4 Å². The Bertz CT molecular complexity index is 529. The Kier molecular flexibility index (Phi) is 5.12. The maximum Gasteiger partial charge on any atom is 0.406 e. The number of nitrogens with one attached hydrogen (secondary N) is 1. The van der Waals surface area contributed by atoms with Crippen LogP contribution in [0.3, 0.4) is 0 Å². The van der Waals surface area contributed by atoms with E-state index in [9.17, 15) is 4.79 Å². The van der Waals surface area contributed by atoms with Crippen molar-refractivity contribution >= 4 is 6.09 Å². The van der Waals surface area contributed by atoms with Gasteiger partial charge >= 0.3 is 6.09 Å². The maximum absolute atomic E-state index is 11.3. The Morgan fingerprint density at radius 1 is 1.20 bits per heavy atom. The molecule has 0 radical (unpaired) electrons. The van der Waals surface area contributed by atoms with E-state index in [1.165, 1.54) is 12.7 Å². The highest BCUT2D eigenvalue weighted by atomic mass is 16.5. The number of alkyl carbamates (subject to hydrolysis) is 1. The van der Waals surface area contributed by atoms with Crippen molar-refractivity contribution in [2.24, 2.45) is 0 Å². The van der Waals surface area contributed by atoms with E-state index >= 15 is 0 Å². The lowest BCUT2D eigenvalue weighted by Crippen LogP contribution is -2.29. The lowest BCUT2D eigenvalue weighted by molar-refractivity contribution is 0.170. The van der Waals surface area contributed by atoms with E-state index in [0.29, 0.717) is 6.54 Å². The van der Waals surface area contributed by atoms with Crippen molar-refractivity contribution in [2.75, 3.05) is 13.7 Å². The van der Waals surface area contributed by atoms with Gasteiger partial charge in [0.2, 0.25) is 0 Å². The average molecular weight is 270 g/mol. The summed E-state index contributed by atoms with van der Waals surface area (Å²) in [7, 11) is 1.37. The summed E-state index contributed by atoms with van der Waals surface area (Å²) in [4.78, 5) is 15.6. The second kappa shape index (κ2) is 7.28. The van der Waals surface area contributed by atoms with Crippen LogP contribution in [0, 0.1) is 0 Å². The topological polar surface area (TPSA) is 51.2 Å². The zero-order chi connectivity index (χ0) is 14.2. The van der Waals surface area contributed by atoms with Gasteiger partial charge in [0.05, 0.1) is 7.11 Å². The summed E-state index contributed by atoms with van der Waals surface area (Å²) in [6, 6.07) is 16.0. The number of methoxy groups -OCH3 is 1. The molecule has 4 nitrogen and oxygen atoms in total. The van der Waals surface area contributed by atoms with Gasteiger partial charge in [-0.25, -0.2) is 4.79 Å². The molecule has 0 saturated carbocycles. The summed E-state index contributed by atoms with van der Waals surface area (Å²) in [6.07, 6.45) is 2.15. The summed E-state index contributed by atoms with van der Waals surface area (Å²) < 4.78 is 4.62. The Morgan fingerprint density at radius 3 is 2.60 bits per heavy atom. The van der Waals surface area contributed by atoms with Crippen LogP contribution in [-0.2, 0) is 11.2 Å². The number of rotatable bonds is 5. The van der Waals surface area contributed by atoms with Crippen LogP contribution in [0.15, 0.2) is 54.7 Å². The highest BCUT2D eigenvalue weighted by Crippen LogP contribution is 2.19. The quantitative estimate of drug-likeness (QED) is 0.909. The summed E-state index contributed by atoms with van der Waals surface area (Å²) in [5, 5.41) is 2.76. The average Bonchev–Trinajstić information content (AvgIpc) is 2.53. The SMILES string of the molecule is COC(=O)NCC(Cc1ccccn1)c1ccccc1. The predicted molar refractivity (Wildman–Crippen MR) is 77.5 cm³/mol. The minimum atomic E-state index is -0.410. The summed E-state index contributed by atoms with van der Waals surface area (Å²) in [5.41, 5.74) is 2.18. The van der Waals surface area contributed by atoms with Gasteiger partial charge in [-0.05, 0) is 24.1 Å². The van der Waals surface area contributed by atoms with Gasteiger partial charge in [-0.2, -0.15) is 0 Å². The highest BCUT2D eigenvalue weighted by molar-refractivity contribution is 5.66. The molecule has 0 saturated heterocycles. The summed E-state index contributed by atoms with van der Waals surface area (Å²) in [5.74, 6) is 0.171. The molecule has 0 spiro atoms. The van der Waals surface area contributed by atoms with Crippen LogP contribution >= 0.6 is 0 Å². The van der Waals surface area contributed by atoms with E-state index in [0.717, 1.165) is 12.1 Å². The molecule has 0 aliphatic carbocycles. The standard InChI is InChI=1S/C16H18N2O2/c1-20-16(19)18-12-14(13-7-3-2-4-8-13)11-15-9-5-6-10-17-15/h2-10,14H,11-12H2,1H3,(H,18,19). The Balaban J connectivity index is 2.10. The number of benzene rings is 1. The molecule has 1 aromatic heterocycles. The minimum absolute atomic E-state index is 0.171. The molecule has 1 N–H and O–H groups in total. The van der Waals surface area contributed by atoms with Gasteiger partial charge in [0.25, 0.3) is 0 Å². The zero-order valence-electron chi connectivity index (χ0n) is 11.5. The third kappa shape index (κ3) is 4.09. The molecule has 4 heteroatoms. The first-order valence-corrected chi connectivity index (χ1v) is 6.56. The normalized spacial score (nSPS) is 11.7. The summed E-state index contributed by atoms with van der Waals surface area (Å²) >= 11 is 0. The van der Waals surface area contributed by atoms with Crippen LogP contribution in [0.2, 0.25) is 0 Å². The van der Waals surface area contributed by atoms with Crippen LogP contribution in [0.25, 0.3) is 0 Å². The first-order chi connectivity index (χ1) is 9.79. The van der Waals surface area contributed by atoms with Crippen LogP contribution in [0.1, 0.15) is 17.2 Å². The number of hydrogen-bond acceptors (Lipinski definition) is 3. The number of ether oxygens (including phenoxy) is 1. The van der Waals surface area contributed by atoms with Gasteiger partial charge in [0, 0.05) is 24.4 Å². The predicted octanol–water partition coefficient (Wildman–Crippen LogP) is 2.76. The van der Waals surface area contributed by atoms with E-state index in [4.69, 9.17) is 0 Å². The van der Waals surface area contributed by atoms with Crippen LogP contribution < -0.4 is 5.32 Å². The molecule has 104 valence electrons. The first kappa shape index (κ1) is 14.1. The molecule has 20 heavy (non-hydrogen) atoms. The smallest absolute Gasteiger partial charge is 0.406 e. The highest BCUT2D eigenvalue weighted by Gasteiger charge is 2.14. The van der Waals surface area contributed by atoms with E-state index < -0.39 is 6.09 Å². The van der Waals surface area contributed by atoms with Crippen LogP contribution in [0.4, 0.5) is 4.79 Å². The maximum atomic E-state index is 11.3. The fourth-order valence-corrected chi connectivity index (χ4v) is 2.08. The van der Waals surface area contributed by atoms with Gasteiger partial charge in [0.1, 0.15) is 0 Å². The fraction of sp³-hybridized carbons (Fsp3) is 0.250. The van der Waals surface area contributed by atoms with E-state index in [1.54, 1.807) is 6.20 Å². The molecule has 0 aliphatic rings. The zero-order valence-corrected chi connectivity index (χ0v) is 11.5. The van der Waals surface area contributed by atoms with E-state index in [2.05, 4.69) is 27.2 Å². The largest absolute Gasteiger partial charge is 0.453 e. The summed E-state index contributed by atoms with van der Waals surface area (Å²) in [6.45, 7) is 0.521. The Labute approximate surface area is 118 Å². The van der Waals surface area contributed by atoms with Crippen molar-refractivity contribution in [3.05, 3.63) is 66.0 Å². The third-order valence-electron chi connectivity index (χ3n) is 3.13.